The topological polar surface area (TPSA) is 99.0 Å². The molecule has 0 spiro atoms. The Morgan fingerprint density at radius 2 is 2.13 bits per heavy atom. The van der Waals surface area contributed by atoms with E-state index >= 15 is 0 Å². The van der Waals surface area contributed by atoms with Crippen LogP contribution in [0.5, 0.6) is 5.75 Å². The van der Waals surface area contributed by atoms with Crippen molar-refractivity contribution in [3.05, 3.63) is 46.4 Å². The minimum atomic E-state index is -4.21. The number of hydrogen-bond acceptors (Lipinski definition) is 7. The van der Waals surface area contributed by atoms with Gasteiger partial charge in [0, 0.05) is 30.9 Å². The van der Waals surface area contributed by atoms with Crippen molar-refractivity contribution in [2.45, 2.75) is 42.6 Å². The molecule has 2 aromatic heterocycles. The Balaban J connectivity index is 1.59. The van der Waals surface area contributed by atoms with Gasteiger partial charge in [0.25, 0.3) is 10.0 Å². The molecule has 0 bridgehead atoms. The third kappa shape index (κ3) is 4.28. The lowest BCUT2D eigenvalue weighted by molar-refractivity contribution is 0.126. The van der Waals surface area contributed by atoms with Crippen molar-refractivity contribution in [1.82, 2.24) is 20.0 Å². The Hall–Kier alpha value is -2.24. The van der Waals surface area contributed by atoms with E-state index in [1.54, 1.807) is 6.20 Å². The Labute approximate surface area is 182 Å². The summed E-state index contributed by atoms with van der Waals surface area (Å²) in [4.78, 5) is -0.582. The lowest BCUT2D eigenvalue weighted by Crippen LogP contribution is -2.30. The van der Waals surface area contributed by atoms with E-state index in [0.29, 0.717) is 0 Å². The van der Waals surface area contributed by atoms with Crippen LogP contribution < -0.4 is 9.46 Å². The molecule has 1 aliphatic carbocycles. The van der Waals surface area contributed by atoms with E-state index in [-0.39, 0.29) is 27.9 Å². The van der Waals surface area contributed by atoms with E-state index in [9.17, 15) is 12.8 Å². The number of halogens is 2. The molecule has 3 aromatic rings. The summed E-state index contributed by atoms with van der Waals surface area (Å²) >= 11 is 7.27. The van der Waals surface area contributed by atoms with Crippen molar-refractivity contribution in [3.63, 3.8) is 0 Å². The van der Waals surface area contributed by atoms with Crippen LogP contribution in [0.25, 0.3) is 0 Å². The summed E-state index contributed by atoms with van der Waals surface area (Å²) in [5.41, 5.74) is 2.40. The van der Waals surface area contributed by atoms with Crippen LogP contribution in [-0.4, -0.2) is 34.5 Å². The summed E-state index contributed by atoms with van der Waals surface area (Å²) in [6, 6.07) is 4.02. The molecule has 1 aliphatic rings. The maximum absolute atomic E-state index is 14.7. The highest BCUT2D eigenvalue weighted by molar-refractivity contribution is 7.93. The van der Waals surface area contributed by atoms with Gasteiger partial charge in [-0.05, 0) is 31.4 Å². The Morgan fingerprint density at radius 1 is 1.33 bits per heavy atom. The van der Waals surface area contributed by atoms with Crippen molar-refractivity contribution < 1.29 is 17.5 Å². The van der Waals surface area contributed by atoms with Crippen LogP contribution in [0.1, 0.15) is 37.3 Å². The van der Waals surface area contributed by atoms with Crippen LogP contribution in [-0.2, 0) is 17.1 Å². The minimum Gasteiger partial charge on any atom is -0.488 e. The maximum atomic E-state index is 14.7. The summed E-state index contributed by atoms with van der Waals surface area (Å²) in [5.74, 6) is -0.754. The van der Waals surface area contributed by atoms with Crippen molar-refractivity contribution >= 4 is 38.1 Å². The fourth-order valence-electron chi connectivity index (χ4n) is 3.68. The van der Waals surface area contributed by atoms with E-state index in [1.807, 2.05) is 17.8 Å². The van der Waals surface area contributed by atoms with E-state index in [0.717, 1.165) is 54.8 Å². The van der Waals surface area contributed by atoms with Gasteiger partial charge >= 0.3 is 0 Å². The maximum Gasteiger partial charge on any atom is 0.266 e. The Bertz CT molecular complexity index is 1140. The fourth-order valence-corrected chi connectivity index (χ4v) is 5.73. The molecular weight excluding hydrogens is 453 g/mol. The molecule has 0 saturated heterocycles. The minimum absolute atomic E-state index is 0.0170. The number of anilines is 1. The molecule has 8 nitrogen and oxygen atoms in total. The average Bonchev–Trinajstić information content (AvgIpc) is 3.36. The Kier molecular flexibility index (Phi) is 5.94. The molecule has 2 unspecified atom stereocenters. The molecule has 4 rings (SSSR count). The van der Waals surface area contributed by atoms with E-state index in [4.69, 9.17) is 16.3 Å². The first-order valence-electron chi connectivity index (χ1n) is 9.28. The summed E-state index contributed by atoms with van der Waals surface area (Å²) in [5, 5.41) is 11.4. The summed E-state index contributed by atoms with van der Waals surface area (Å²) in [7, 11) is -2.33. The van der Waals surface area contributed by atoms with Gasteiger partial charge in [-0.15, -0.1) is 10.2 Å². The normalized spacial score (nSPS) is 19.6. The van der Waals surface area contributed by atoms with Gasteiger partial charge in [0.2, 0.25) is 5.13 Å². The lowest BCUT2D eigenvalue weighted by Gasteiger charge is -2.32. The number of aromatic nitrogens is 4. The summed E-state index contributed by atoms with van der Waals surface area (Å²) in [6.07, 6.45) is 5.27. The first-order valence-corrected chi connectivity index (χ1v) is 12.0. The molecule has 0 amide bonds. The van der Waals surface area contributed by atoms with Gasteiger partial charge in [0.15, 0.2) is 0 Å². The highest BCUT2D eigenvalue weighted by Gasteiger charge is 2.31. The van der Waals surface area contributed by atoms with Crippen LogP contribution in [0, 0.1) is 5.82 Å². The zero-order valence-electron chi connectivity index (χ0n) is 16.0. The van der Waals surface area contributed by atoms with Gasteiger partial charge in [-0.3, -0.25) is 9.40 Å². The van der Waals surface area contributed by atoms with Crippen molar-refractivity contribution in [2.24, 2.45) is 7.05 Å². The van der Waals surface area contributed by atoms with Crippen LogP contribution in [0.3, 0.4) is 0 Å². The monoisotopic (exact) mass is 471 g/mol. The molecule has 160 valence electrons. The van der Waals surface area contributed by atoms with Crippen molar-refractivity contribution in [3.8, 4) is 5.75 Å². The van der Waals surface area contributed by atoms with Crippen molar-refractivity contribution in [1.29, 1.82) is 0 Å². The van der Waals surface area contributed by atoms with Gasteiger partial charge < -0.3 is 4.74 Å². The number of hydrogen-bond donors (Lipinski definition) is 1. The second kappa shape index (κ2) is 8.48. The number of nitrogens with one attached hydrogen (secondary N) is 1. The average molecular weight is 472 g/mol. The lowest BCUT2D eigenvalue weighted by atomic mass is 9.84. The second-order valence-electron chi connectivity index (χ2n) is 6.99. The van der Waals surface area contributed by atoms with Crippen LogP contribution in [0.4, 0.5) is 9.52 Å². The first-order chi connectivity index (χ1) is 14.3. The van der Waals surface area contributed by atoms with Gasteiger partial charge in [-0.25, -0.2) is 12.8 Å². The van der Waals surface area contributed by atoms with Crippen LogP contribution >= 0.6 is 22.9 Å². The quantitative estimate of drug-likeness (QED) is 0.584. The number of rotatable bonds is 6. The summed E-state index contributed by atoms with van der Waals surface area (Å²) in [6.45, 7) is 0. The van der Waals surface area contributed by atoms with Crippen LogP contribution in [0.2, 0.25) is 5.02 Å². The van der Waals surface area contributed by atoms with Gasteiger partial charge in [0.05, 0.1) is 5.02 Å². The predicted octanol–water partition coefficient (Wildman–Crippen LogP) is 3.97. The van der Waals surface area contributed by atoms with E-state index < -0.39 is 20.7 Å². The molecule has 12 heteroatoms. The van der Waals surface area contributed by atoms with Gasteiger partial charge in [0.1, 0.15) is 28.1 Å². The SMILES string of the molecule is Cn1nccc1C1CCCCC1Oc1cc(F)c(S(=O)(=O)Nc2nncs2)cc1Cl. The smallest absolute Gasteiger partial charge is 0.266 e. The zero-order valence-corrected chi connectivity index (χ0v) is 18.3. The summed E-state index contributed by atoms with van der Waals surface area (Å²) < 4.78 is 49.8. The molecule has 30 heavy (non-hydrogen) atoms. The second-order valence-corrected chi connectivity index (χ2v) is 9.88. The van der Waals surface area contributed by atoms with Crippen molar-refractivity contribution in [2.75, 3.05) is 4.72 Å². The molecule has 0 radical (unpaired) electrons. The predicted molar refractivity (Wildman–Crippen MR) is 111 cm³/mol. The zero-order chi connectivity index (χ0) is 21.3. The third-order valence-electron chi connectivity index (χ3n) is 5.08. The number of ether oxygens (including phenoxy) is 1. The molecule has 1 saturated carbocycles. The molecular formula is C18H19ClFN5O3S2. The fraction of sp³-hybridized carbons (Fsp3) is 0.389. The number of aryl methyl sites for hydroxylation is 1. The number of benzene rings is 1. The number of nitrogens with zero attached hydrogens (tertiary/aromatic N) is 4. The highest BCUT2D eigenvalue weighted by atomic mass is 35.5. The largest absolute Gasteiger partial charge is 0.488 e. The van der Waals surface area contributed by atoms with E-state index in [2.05, 4.69) is 20.0 Å². The number of sulfonamides is 1. The molecule has 1 N–H and O–H groups in total. The molecule has 1 fully saturated rings. The third-order valence-corrected chi connectivity index (χ3v) is 7.46. The molecule has 2 atom stereocenters. The first kappa shape index (κ1) is 21.0. The van der Waals surface area contributed by atoms with Gasteiger partial charge in [-0.1, -0.05) is 29.4 Å². The van der Waals surface area contributed by atoms with Gasteiger partial charge in [-0.2, -0.15) is 5.10 Å². The Morgan fingerprint density at radius 3 is 2.83 bits per heavy atom. The van der Waals surface area contributed by atoms with Crippen LogP contribution in [0.15, 0.2) is 34.8 Å². The van der Waals surface area contributed by atoms with E-state index in [1.165, 1.54) is 5.51 Å². The highest BCUT2D eigenvalue weighted by Crippen LogP contribution is 2.38. The molecule has 2 heterocycles. The molecule has 1 aromatic carbocycles. The molecule has 0 aliphatic heterocycles. The standard InChI is InChI=1S/C18H19ClFN5O3S2/c1-25-14(6-7-22-25)11-4-2-3-5-15(11)28-16-9-13(20)17(8-12(16)19)30(26,27)24-18-23-21-10-29-18/h6-11,15H,2-5H2,1H3,(H,23,24).